The molecular formula is C15H21N3O2. The number of pyridine rings is 1. The summed E-state index contributed by atoms with van der Waals surface area (Å²) in [6.45, 7) is 8.05. The van der Waals surface area contributed by atoms with Crippen molar-refractivity contribution in [2.24, 2.45) is 5.41 Å². The molecule has 0 bridgehead atoms. The second kappa shape index (κ2) is 5.23. The Morgan fingerprint density at radius 1 is 1.25 bits per heavy atom. The zero-order chi connectivity index (χ0) is 14.9. The van der Waals surface area contributed by atoms with E-state index in [0.29, 0.717) is 6.54 Å². The summed E-state index contributed by atoms with van der Waals surface area (Å²) in [5, 5.41) is 2.83. The zero-order valence-electron chi connectivity index (χ0n) is 12.4. The lowest BCUT2D eigenvalue weighted by molar-refractivity contribution is -0.152. The first-order chi connectivity index (χ1) is 9.30. The van der Waals surface area contributed by atoms with Crippen LogP contribution >= 0.6 is 0 Å². The molecular weight excluding hydrogens is 254 g/mol. The van der Waals surface area contributed by atoms with Gasteiger partial charge in [0.25, 0.3) is 0 Å². The Morgan fingerprint density at radius 3 is 2.40 bits per heavy atom. The van der Waals surface area contributed by atoms with E-state index in [2.05, 4.69) is 10.3 Å². The zero-order valence-corrected chi connectivity index (χ0v) is 12.4. The SMILES string of the molecule is CC1C(=O)NC(C(C)(C)C)C(=O)N1Cc1ccncc1. The number of amides is 2. The summed E-state index contributed by atoms with van der Waals surface area (Å²) >= 11 is 0. The van der Waals surface area contributed by atoms with Crippen LogP contribution in [0.5, 0.6) is 0 Å². The Hall–Kier alpha value is -1.91. The number of carbonyl (C=O) groups is 2. The van der Waals surface area contributed by atoms with Crippen LogP contribution in [0.4, 0.5) is 0 Å². The van der Waals surface area contributed by atoms with E-state index in [-0.39, 0.29) is 17.2 Å². The Bertz CT molecular complexity index is 508. The minimum Gasteiger partial charge on any atom is -0.342 e. The normalized spacial score (nSPS) is 23.7. The molecule has 2 atom stereocenters. The number of hydrogen-bond donors (Lipinski definition) is 1. The average Bonchev–Trinajstić information content (AvgIpc) is 2.39. The summed E-state index contributed by atoms with van der Waals surface area (Å²) in [7, 11) is 0. The van der Waals surface area contributed by atoms with Gasteiger partial charge in [-0.3, -0.25) is 14.6 Å². The number of hydrogen-bond acceptors (Lipinski definition) is 3. The van der Waals surface area contributed by atoms with Gasteiger partial charge in [-0.1, -0.05) is 20.8 Å². The van der Waals surface area contributed by atoms with E-state index in [4.69, 9.17) is 0 Å². The standard InChI is InChI=1S/C15H21N3O2/c1-10-13(19)17-12(15(2,3)4)14(20)18(10)9-11-5-7-16-8-6-11/h5-8,10,12H,9H2,1-4H3,(H,17,19). The fourth-order valence-electron chi connectivity index (χ4n) is 2.31. The highest BCUT2D eigenvalue weighted by Crippen LogP contribution is 2.26. The lowest BCUT2D eigenvalue weighted by Gasteiger charge is -2.42. The molecule has 5 heteroatoms. The molecule has 1 saturated heterocycles. The van der Waals surface area contributed by atoms with E-state index < -0.39 is 12.1 Å². The van der Waals surface area contributed by atoms with Crippen molar-refractivity contribution in [1.82, 2.24) is 15.2 Å². The molecule has 0 saturated carbocycles. The minimum absolute atomic E-state index is 0.0265. The maximum atomic E-state index is 12.6. The van der Waals surface area contributed by atoms with Crippen molar-refractivity contribution in [3.63, 3.8) is 0 Å². The molecule has 2 rings (SSSR count). The summed E-state index contributed by atoms with van der Waals surface area (Å²) in [6, 6.07) is 2.79. The second-order valence-electron chi connectivity index (χ2n) is 6.31. The van der Waals surface area contributed by atoms with E-state index in [9.17, 15) is 9.59 Å². The highest BCUT2D eigenvalue weighted by atomic mass is 16.2. The number of rotatable bonds is 2. The molecule has 1 aromatic heterocycles. The molecule has 1 aromatic rings. The van der Waals surface area contributed by atoms with Crippen molar-refractivity contribution < 1.29 is 9.59 Å². The van der Waals surface area contributed by atoms with Crippen molar-refractivity contribution in [3.8, 4) is 0 Å². The van der Waals surface area contributed by atoms with Crippen molar-refractivity contribution in [2.75, 3.05) is 0 Å². The molecule has 1 N–H and O–H groups in total. The van der Waals surface area contributed by atoms with Crippen LogP contribution in [0.25, 0.3) is 0 Å². The molecule has 2 unspecified atom stereocenters. The second-order valence-corrected chi connectivity index (χ2v) is 6.31. The molecule has 1 fully saturated rings. The van der Waals surface area contributed by atoms with Crippen LogP contribution in [-0.4, -0.2) is 33.8 Å². The molecule has 0 spiro atoms. The Kier molecular flexibility index (Phi) is 3.79. The number of piperazine rings is 1. The van der Waals surface area contributed by atoms with Gasteiger partial charge in [0.2, 0.25) is 11.8 Å². The predicted molar refractivity (Wildman–Crippen MR) is 75.6 cm³/mol. The van der Waals surface area contributed by atoms with Crippen molar-refractivity contribution in [2.45, 2.75) is 46.3 Å². The van der Waals surface area contributed by atoms with Crippen molar-refractivity contribution >= 4 is 11.8 Å². The molecule has 0 radical (unpaired) electrons. The first-order valence-corrected chi connectivity index (χ1v) is 6.80. The van der Waals surface area contributed by atoms with Crippen LogP contribution in [0.15, 0.2) is 24.5 Å². The number of carbonyl (C=O) groups excluding carboxylic acids is 2. The van der Waals surface area contributed by atoms with Gasteiger partial charge in [0, 0.05) is 18.9 Å². The molecule has 1 aliphatic heterocycles. The molecule has 0 aliphatic carbocycles. The molecule has 1 aliphatic rings. The third-order valence-electron chi connectivity index (χ3n) is 3.63. The fourth-order valence-corrected chi connectivity index (χ4v) is 2.31. The maximum Gasteiger partial charge on any atom is 0.246 e. The Morgan fingerprint density at radius 2 is 1.85 bits per heavy atom. The van der Waals surface area contributed by atoms with Crippen LogP contribution in [0.3, 0.4) is 0 Å². The van der Waals surface area contributed by atoms with E-state index in [0.717, 1.165) is 5.56 Å². The Balaban J connectivity index is 2.25. The third-order valence-corrected chi connectivity index (χ3v) is 3.63. The lowest BCUT2D eigenvalue weighted by Crippen LogP contribution is -2.65. The molecule has 2 amide bonds. The van der Waals surface area contributed by atoms with Gasteiger partial charge < -0.3 is 10.2 Å². The van der Waals surface area contributed by atoms with Crippen LogP contribution in [0, 0.1) is 5.41 Å². The van der Waals surface area contributed by atoms with Gasteiger partial charge in [0.1, 0.15) is 12.1 Å². The fraction of sp³-hybridized carbons (Fsp3) is 0.533. The molecule has 108 valence electrons. The highest BCUT2D eigenvalue weighted by Gasteiger charge is 2.43. The average molecular weight is 275 g/mol. The summed E-state index contributed by atoms with van der Waals surface area (Å²) in [4.78, 5) is 30.3. The Labute approximate surface area is 119 Å². The summed E-state index contributed by atoms with van der Waals surface area (Å²) < 4.78 is 0. The van der Waals surface area contributed by atoms with Gasteiger partial charge >= 0.3 is 0 Å². The van der Waals surface area contributed by atoms with Crippen LogP contribution in [0.1, 0.15) is 33.3 Å². The first-order valence-electron chi connectivity index (χ1n) is 6.80. The summed E-state index contributed by atoms with van der Waals surface area (Å²) in [5.74, 6) is -0.125. The predicted octanol–water partition coefficient (Wildman–Crippen LogP) is 1.34. The summed E-state index contributed by atoms with van der Waals surface area (Å²) in [5.41, 5.74) is 0.672. The van der Waals surface area contributed by atoms with Crippen LogP contribution in [-0.2, 0) is 16.1 Å². The molecule has 0 aromatic carbocycles. The highest BCUT2D eigenvalue weighted by molar-refractivity contribution is 5.97. The summed E-state index contributed by atoms with van der Waals surface area (Å²) in [6.07, 6.45) is 3.38. The van der Waals surface area contributed by atoms with Gasteiger partial charge in [0.05, 0.1) is 0 Å². The molecule has 20 heavy (non-hydrogen) atoms. The van der Waals surface area contributed by atoms with E-state index in [1.165, 1.54) is 0 Å². The van der Waals surface area contributed by atoms with Gasteiger partial charge in [-0.25, -0.2) is 0 Å². The van der Waals surface area contributed by atoms with Crippen molar-refractivity contribution in [3.05, 3.63) is 30.1 Å². The molecule has 2 heterocycles. The maximum absolute atomic E-state index is 12.6. The van der Waals surface area contributed by atoms with Gasteiger partial charge in [-0.15, -0.1) is 0 Å². The van der Waals surface area contributed by atoms with Gasteiger partial charge in [-0.05, 0) is 30.0 Å². The minimum atomic E-state index is -0.479. The molecule has 5 nitrogen and oxygen atoms in total. The van der Waals surface area contributed by atoms with Crippen LogP contribution in [0.2, 0.25) is 0 Å². The number of aromatic nitrogens is 1. The lowest BCUT2D eigenvalue weighted by atomic mass is 9.84. The third kappa shape index (κ3) is 2.81. The van der Waals surface area contributed by atoms with Gasteiger partial charge in [-0.2, -0.15) is 0 Å². The number of nitrogens with one attached hydrogen (secondary N) is 1. The van der Waals surface area contributed by atoms with Crippen LogP contribution < -0.4 is 5.32 Å². The van der Waals surface area contributed by atoms with E-state index in [1.54, 1.807) is 24.2 Å². The topological polar surface area (TPSA) is 62.3 Å². The first kappa shape index (κ1) is 14.5. The van der Waals surface area contributed by atoms with E-state index >= 15 is 0 Å². The smallest absolute Gasteiger partial charge is 0.246 e. The quantitative estimate of drug-likeness (QED) is 0.886. The monoisotopic (exact) mass is 275 g/mol. The number of nitrogens with zero attached hydrogens (tertiary/aromatic N) is 2. The van der Waals surface area contributed by atoms with E-state index in [1.807, 2.05) is 32.9 Å². The van der Waals surface area contributed by atoms with Crippen molar-refractivity contribution in [1.29, 1.82) is 0 Å². The van der Waals surface area contributed by atoms with Gasteiger partial charge in [0.15, 0.2) is 0 Å². The largest absolute Gasteiger partial charge is 0.342 e.